The number of carbonyl (C=O) groups is 2. The number of nitrogens with one attached hydrogen (secondary N) is 1. The molecule has 1 aliphatic heterocycles. The number of benzene rings is 1. The molecule has 0 spiro atoms. The number of ether oxygens (including phenoxy) is 1. The monoisotopic (exact) mass is 377 g/mol. The minimum absolute atomic E-state index is 0.0588. The molecule has 3 atom stereocenters. The summed E-state index contributed by atoms with van der Waals surface area (Å²) in [5.74, 6) is 0.228. The Kier molecular flexibility index (Phi) is 5.63. The van der Waals surface area contributed by atoms with Gasteiger partial charge in [-0.2, -0.15) is 0 Å². The summed E-state index contributed by atoms with van der Waals surface area (Å²) in [6, 6.07) is 6.76. The first kappa shape index (κ1) is 18.9. The first-order valence-electron chi connectivity index (χ1n) is 9.06. The lowest BCUT2D eigenvalue weighted by Crippen LogP contribution is -2.54. The Bertz CT molecular complexity index is 736. The number of carbonyl (C=O) groups excluding carboxylic acids is 2. The maximum atomic E-state index is 13.0. The van der Waals surface area contributed by atoms with Crippen molar-refractivity contribution in [1.82, 2.24) is 5.32 Å². The Morgan fingerprint density at radius 3 is 3.00 bits per heavy atom. The Balaban J connectivity index is 1.90. The lowest BCUT2D eigenvalue weighted by atomic mass is 9.73. The van der Waals surface area contributed by atoms with Gasteiger partial charge in [-0.15, -0.1) is 0 Å². The Hall–Kier alpha value is -1.92. The number of nitrogens with two attached hydrogens (primary N) is 1. The highest BCUT2D eigenvalue weighted by atomic mass is 35.5. The van der Waals surface area contributed by atoms with Gasteiger partial charge >= 0.3 is 0 Å². The van der Waals surface area contributed by atoms with Crippen LogP contribution in [0, 0.1) is 0 Å². The number of hydrogen-bond donors (Lipinski definition) is 2. The van der Waals surface area contributed by atoms with E-state index in [1.807, 2.05) is 25.1 Å². The second-order valence-corrected chi connectivity index (χ2v) is 7.16. The molecule has 3 unspecified atom stereocenters. The quantitative estimate of drug-likeness (QED) is 0.795. The van der Waals surface area contributed by atoms with Gasteiger partial charge in [0.1, 0.15) is 0 Å². The van der Waals surface area contributed by atoms with E-state index in [0.717, 1.165) is 6.42 Å². The van der Waals surface area contributed by atoms with E-state index in [1.54, 1.807) is 6.07 Å². The first-order valence-corrected chi connectivity index (χ1v) is 9.43. The van der Waals surface area contributed by atoms with Gasteiger partial charge < -0.3 is 15.8 Å². The van der Waals surface area contributed by atoms with Crippen molar-refractivity contribution in [3.8, 4) is 0 Å². The van der Waals surface area contributed by atoms with Crippen molar-refractivity contribution < 1.29 is 14.3 Å². The Labute approximate surface area is 158 Å². The predicted molar refractivity (Wildman–Crippen MR) is 100 cm³/mol. The summed E-state index contributed by atoms with van der Waals surface area (Å²) in [6.07, 6.45) is 2.20. The number of amides is 1. The maximum absolute atomic E-state index is 13.0. The van der Waals surface area contributed by atoms with Gasteiger partial charge in [-0.1, -0.05) is 29.8 Å². The summed E-state index contributed by atoms with van der Waals surface area (Å²) in [5, 5.41) is 3.26. The minimum Gasteiger partial charge on any atom is -0.468 e. The van der Waals surface area contributed by atoms with Gasteiger partial charge in [-0.05, 0) is 38.7 Å². The molecule has 1 aromatic carbocycles. The van der Waals surface area contributed by atoms with Crippen LogP contribution in [-0.4, -0.2) is 36.3 Å². The molecular formula is C19H24ClN3O3. The Morgan fingerprint density at radius 1 is 1.50 bits per heavy atom. The van der Waals surface area contributed by atoms with Crippen LogP contribution in [0.1, 0.15) is 44.6 Å². The van der Waals surface area contributed by atoms with Crippen LogP contribution in [0.5, 0.6) is 0 Å². The van der Waals surface area contributed by atoms with Gasteiger partial charge in [-0.3, -0.25) is 9.59 Å². The van der Waals surface area contributed by atoms with Gasteiger partial charge in [0.2, 0.25) is 17.6 Å². The lowest BCUT2D eigenvalue weighted by Gasteiger charge is -2.42. The van der Waals surface area contributed by atoms with E-state index in [1.165, 1.54) is 0 Å². The third kappa shape index (κ3) is 3.48. The topological polar surface area (TPSA) is 93.8 Å². The normalized spacial score (nSPS) is 25.9. The van der Waals surface area contributed by atoms with Crippen molar-refractivity contribution in [1.29, 1.82) is 0 Å². The number of Topliss-reactive ketones (excluding diaryl/α,β-unsaturated/α-hetero) is 1. The first-order chi connectivity index (χ1) is 12.5. The fourth-order valence-corrected chi connectivity index (χ4v) is 3.93. The zero-order valence-corrected chi connectivity index (χ0v) is 15.6. The largest absolute Gasteiger partial charge is 0.468 e. The number of fused-ring (bicyclic) bond motifs is 2. The molecule has 0 aromatic heterocycles. The highest BCUT2D eigenvalue weighted by molar-refractivity contribution is 6.32. The van der Waals surface area contributed by atoms with E-state index in [2.05, 4.69) is 10.3 Å². The molecule has 7 heteroatoms. The fraction of sp³-hybridized carbons (Fsp3) is 0.526. The van der Waals surface area contributed by atoms with Crippen molar-refractivity contribution in [2.45, 2.75) is 56.7 Å². The molecule has 3 N–H and O–H groups in total. The third-order valence-corrected chi connectivity index (χ3v) is 5.29. The number of halogens is 1. The van der Waals surface area contributed by atoms with Crippen LogP contribution >= 0.6 is 11.6 Å². The molecule has 1 aliphatic carbocycles. The van der Waals surface area contributed by atoms with Gasteiger partial charge in [0.05, 0.1) is 6.04 Å². The maximum Gasteiger partial charge on any atom is 0.220 e. The predicted octanol–water partition coefficient (Wildman–Crippen LogP) is 2.33. The van der Waals surface area contributed by atoms with Crippen LogP contribution in [0.15, 0.2) is 29.3 Å². The van der Waals surface area contributed by atoms with Gasteiger partial charge in [0.15, 0.2) is 11.6 Å². The molecule has 2 aliphatic rings. The van der Waals surface area contributed by atoms with Gasteiger partial charge in [0.25, 0.3) is 0 Å². The van der Waals surface area contributed by atoms with Crippen molar-refractivity contribution in [2.24, 2.45) is 10.7 Å². The van der Waals surface area contributed by atoms with E-state index >= 15 is 0 Å². The average Bonchev–Trinajstić information content (AvgIpc) is 2.60. The van der Waals surface area contributed by atoms with Gasteiger partial charge in [-0.25, -0.2) is 4.99 Å². The van der Waals surface area contributed by atoms with Gasteiger partial charge in [0, 0.05) is 23.6 Å². The third-order valence-electron chi connectivity index (χ3n) is 4.96. The lowest BCUT2D eigenvalue weighted by molar-refractivity contribution is -0.137. The van der Waals surface area contributed by atoms with E-state index in [4.69, 9.17) is 22.1 Å². The molecule has 1 amide bonds. The number of aliphatic imine (C=N–C) groups is 1. The minimum atomic E-state index is -1.03. The second kappa shape index (κ2) is 7.76. The highest BCUT2D eigenvalue weighted by Gasteiger charge is 2.52. The van der Waals surface area contributed by atoms with E-state index in [-0.39, 0.29) is 18.1 Å². The number of hydrogen-bond acceptors (Lipinski definition) is 5. The van der Waals surface area contributed by atoms with Crippen LogP contribution in [0.3, 0.4) is 0 Å². The summed E-state index contributed by atoms with van der Waals surface area (Å²) in [6.45, 7) is 2.45. The SMILES string of the molecule is CCNC(=O)CCC(N)C1=NC2(c3ccccc3Cl)CCCC(O1)C2=O. The molecule has 3 rings (SSSR count). The zero-order chi connectivity index (χ0) is 18.7. The van der Waals surface area contributed by atoms with E-state index in [0.29, 0.717) is 42.3 Å². The molecule has 1 heterocycles. The molecular weight excluding hydrogens is 354 g/mol. The number of rotatable bonds is 6. The summed E-state index contributed by atoms with van der Waals surface area (Å²) in [7, 11) is 0. The molecule has 1 saturated carbocycles. The molecule has 0 radical (unpaired) electrons. The molecule has 6 nitrogen and oxygen atoms in total. The smallest absolute Gasteiger partial charge is 0.220 e. The number of nitrogens with zero attached hydrogens (tertiary/aromatic N) is 1. The molecule has 2 bridgehead atoms. The van der Waals surface area contributed by atoms with Crippen molar-refractivity contribution in [2.75, 3.05) is 6.54 Å². The number of ketones is 1. The zero-order valence-electron chi connectivity index (χ0n) is 14.8. The summed E-state index contributed by atoms with van der Waals surface area (Å²) in [5.41, 5.74) is 5.91. The summed E-state index contributed by atoms with van der Waals surface area (Å²) < 4.78 is 5.81. The fourth-order valence-electron chi connectivity index (χ4n) is 3.64. The van der Waals surface area contributed by atoms with Crippen molar-refractivity contribution in [3.05, 3.63) is 34.9 Å². The summed E-state index contributed by atoms with van der Waals surface area (Å²) >= 11 is 6.38. The summed E-state index contributed by atoms with van der Waals surface area (Å²) in [4.78, 5) is 29.4. The van der Waals surface area contributed by atoms with E-state index in [9.17, 15) is 9.59 Å². The highest BCUT2D eigenvalue weighted by Crippen LogP contribution is 2.44. The van der Waals surface area contributed by atoms with Crippen molar-refractivity contribution >= 4 is 29.2 Å². The molecule has 26 heavy (non-hydrogen) atoms. The molecule has 140 valence electrons. The van der Waals surface area contributed by atoms with Crippen LogP contribution < -0.4 is 11.1 Å². The standard InChI is InChI=1S/C19H24ClN3O3/c1-2-22-16(24)10-9-14(21)18-23-19(12-6-3-4-7-13(12)20)11-5-8-15(26-18)17(19)25/h3-4,6-7,14-15H,2,5,8-11,21H2,1H3,(H,22,24). The molecule has 1 fully saturated rings. The van der Waals surface area contributed by atoms with Crippen molar-refractivity contribution in [3.63, 3.8) is 0 Å². The van der Waals surface area contributed by atoms with E-state index < -0.39 is 17.7 Å². The molecule has 1 aromatic rings. The molecule has 0 saturated heterocycles. The second-order valence-electron chi connectivity index (χ2n) is 6.75. The average molecular weight is 378 g/mol. The van der Waals surface area contributed by atoms with Crippen LogP contribution in [0.25, 0.3) is 0 Å². The van der Waals surface area contributed by atoms with Crippen LogP contribution in [-0.2, 0) is 19.9 Å². The Morgan fingerprint density at radius 2 is 2.27 bits per heavy atom. The van der Waals surface area contributed by atoms with Crippen LogP contribution in [0.2, 0.25) is 5.02 Å². The van der Waals surface area contributed by atoms with Crippen LogP contribution in [0.4, 0.5) is 0 Å².